The summed E-state index contributed by atoms with van der Waals surface area (Å²) in [5, 5.41) is 3.22. The summed E-state index contributed by atoms with van der Waals surface area (Å²) >= 11 is 1.27. The van der Waals surface area contributed by atoms with Crippen molar-refractivity contribution in [2.24, 2.45) is 0 Å². The highest BCUT2D eigenvalue weighted by molar-refractivity contribution is 7.15. The SMILES string of the molecule is O=C(CCc1ccc2c(c1)OCCO2)Nc1ncc(Cc2ccc(F)cc2F)s1. The maximum absolute atomic E-state index is 13.8. The van der Waals surface area contributed by atoms with Gasteiger partial charge in [0.05, 0.1) is 0 Å². The lowest BCUT2D eigenvalue weighted by Gasteiger charge is -2.18. The number of thiazole rings is 1. The molecule has 0 aliphatic carbocycles. The van der Waals surface area contributed by atoms with E-state index in [9.17, 15) is 13.6 Å². The number of carbonyl (C=O) groups is 1. The summed E-state index contributed by atoms with van der Waals surface area (Å²) < 4.78 is 37.8. The monoisotopic (exact) mass is 416 g/mol. The highest BCUT2D eigenvalue weighted by Gasteiger charge is 2.13. The number of fused-ring (bicyclic) bond motifs is 1. The quantitative estimate of drug-likeness (QED) is 0.649. The molecular weight excluding hydrogens is 398 g/mol. The predicted octanol–water partition coefficient (Wildman–Crippen LogP) is 4.35. The van der Waals surface area contributed by atoms with E-state index in [-0.39, 0.29) is 12.3 Å². The van der Waals surface area contributed by atoms with Gasteiger partial charge in [0.1, 0.15) is 24.8 Å². The highest BCUT2D eigenvalue weighted by atomic mass is 32.1. The van der Waals surface area contributed by atoms with Crippen LogP contribution in [0.3, 0.4) is 0 Å². The van der Waals surface area contributed by atoms with Crippen LogP contribution in [-0.2, 0) is 17.6 Å². The Morgan fingerprint density at radius 3 is 2.76 bits per heavy atom. The number of hydrogen-bond acceptors (Lipinski definition) is 5. The Bertz CT molecular complexity index is 1040. The number of hydrogen-bond donors (Lipinski definition) is 1. The Morgan fingerprint density at radius 1 is 1.10 bits per heavy atom. The van der Waals surface area contributed by atoms with Crippen molar-refractivity contribution in [1.82, 2.24) is 4.98 Å². The Morgan fingerprint density at radius 2 is 1.93 bits per heavy atom. The molecule has 1 aromatic heterocycles. The van der Waals surface area contributed by atoms with Gasteiger partial charge in [-0.3, -0.25) is 4.79 Å². The summed E-state index contributed by atoms with van der Waals surface area (Å²) in [4.78, 5) is 17.2. The zero-order chi connectivity index (χ0) is 20.2. The molecule has 1 aliphatic rings. The van der Waals surface area contributed by atoms with Crippen LogP contribution in [0.25, 0.3) is 0 Å². The number of rotatable bonds is 6. The van der Waals surface area contributed by atoms with Crippen molar-refractivity contribution in [3.8, 4) is 11.5 Å². The first-order chi connectivity index (χ1) is 14.1. The second-order valence-electron chi connectivity index (χ2n) is 6.57. The van der Waals surface area contributed by atoms with E-state index in [4.69, 9.17) is 9.47 Å². The van der Waals surface area contributed by atoms with E-state index in [1.807, 2.05) is 18.2 Å². The van der Waals surface area contributed by atoms with Gasteiger partial charge in [-0.15, -0.1) is 11.3 Å². The molecule has 29 heavy (non-hydrogen) atoms. The smallest absolute Gasteiger partial charge is 0.226 e. The fourth-order valence-corrected chi connectivity index (χ4v) is 3.83. The van der Waals surface area contributed by atoms with E-state index in [1.165, 1.54) is 23.5 Å². The number of anilines is 1. The van der Waals surface area contributed by atoms with E-state index < -0.39 is 11.6 Å². The maximum atomic E-state index is 13.8. The van der Waals surface area contributed by atoms with Crippen LogP contribution in [0.4, 0.5) is 13.9 Å². The van der Waals surface area contributed by atoms with Crippen LogP contribution in [0.5, 0.6) is 11.5 Å². The van der Waals surface area contributed by atoms with Gasteiger partial charge in [0.2, 0.25) is 5.91 Å². The first kappa shape index (κ1) is 19.3. The Hall–Kier alpha value is -3.00. The molecule has 0 unspecified atom stereocenters. The number of nitrogens with zero attached hydrogens (tertiary/aromatic N) is 1. The van der Waals surface area contributed by atoms with Crippen molar-refractivity contribution in [3.05, 3.63) is 70.2 Å². The molecule has 2 aromatic carbocycles. The van der Waals surface area contributed by atoms with Gasteiger partial charge < -0.3 is 14.8 Å². The van der Waals surface area contributed by atoms with Gasteiger partial charge >= 0.3 is 0 Å². The van der Waals surface area contributed by atoms with Crippen LogP contribution in [0.15, 0.2) is 42.6 Å². The molecule has 0 saturated heterocycles. The number of nitrogens with one attached hydrogen (secondary N) is 1. The van der Waals surface area contributed by atoms with Crippen LogP contribution in [0, 0.1) is 11.6 Å². The lowest BCUT2D eigenvalue weighted by atomic mass is 10.1. The molecule has 0 atom stereocenters. The van der Waals surface area contributed by atoms with Crippen LogP contribution < -0.4 is 14.8 Å². The Balaban J connectivity index is 1.31. The van der Waals surface area contributed by atoms with Gasteiger partial charge in [0, 0.05) is 30.0 Å². The minimum absolute atomic E-state index is 0.159. The topological polar surface area (TPSA) is 60.5 Å². The molecule has 0 bridgehead atoms. The maximum Gasteiger partial charge on any atom is 0.226 e. The molecule has 5 nitrogen and oxygen atoms in total. The molecule has 2 heterocycles. The molecule has 1 amide bonds. The van der Waals surface area contributed by atoms with Crippen molar-refractivity contribution in [1.29, 1.82) is 0 Å². The Labute approximate surface area is 170 Å². The van der Waals surface area contributed by atoms with Crippen molar-refractivity contribution in [2.45, 2.75) is 19.3 Å². The molecule has 0 spiro atoms. The number of aromatic nitrogens is 1. The van der Waals surface area contributed by atoms with Crippen LogP contribution >= 0.6 is 11.3 Å². The molecular formula is C21H18F2N2O3S. The fourth-order valence-electron chi connectivity index (χ4n) is 2.98. The lowest BCUT2D eigenvalue weighted by Crippen LogP contribution is -2.15. The summed E-state index contributed by atoms with van der Waals surface area (Å²) in [5.74, 6) is 0.0581. The number of carbonyl (C=O) groups excluding carboxylic acids is 1. The first-order valence-corrected chi connectivity index (χ1v) is 9.95. The molecule has 4 rings (SSSR count). The third-order valence-corrected chi connectivity index (χ3v) is 5.34. The van der Waals surface area contributed by atoms with E-state index in [2.05, 4.69) is 10.3 Å². The molecule has 3 aromatic rings. The summed E-state index contributed by atoms with van der Waals surface area (Å²) in [5.41, 5.74) is 1.36. The largest absolute Gasteiger partial charge is 0.486 e. The van der Waals surface area contributed by atoms with Gasteiger partial charge in [-0.1, -0.05) is 12.1 Å². The number of benzene rings is 2. The minimum Gasteiger partial charge on any atom is -0.486 e. The van der Waals surface area contributed by atoms with E-state index in [0.29, 0.717) is 42.5 Å². The third-order valence-electron chi connectivity index (χ3n) is 4.43. The van der Waals surface area contributed by atoms with Crippen LogP contribution in [-0.4, -0.2) is 24.1 Å². The second kappa shape index (κ2) is 8.57. The van der Waals surface area contributed by atoms with Crippen molar-refractivity contribution < 1.29 is 23.0 Å². The standard InChI is InChI=1S/C21H18F2N2O3S/c22-15-4-3-14(17(23)11-15)10-16-12-24-21(29-16)25-20(26)6-2-13-1-5-18-19(9-13)28-8-7-27-18/h1,3-5,9,11-12H,2,6-8,10H2,(H,24,25,26). The number of aryl methyl sites for hydroxylation is 1. The normalized spacial score (nSPS) is 12.6. The van der Waals surface area contributed by atoms with Gasteiger partial charge in [0.25, 0.3) is 0 Å². The Kier molecular flexibility index (Phi) is 5.71. The third kappa shape index (κ3) is 4.89. The van der Waals surface area contributed by atoms with Crippen molar-refractivity contribution in [2.75, 3.05) is 18.5 Å². The average molecular weight is 416 g/mol. The zero-order valence-corrected chi connectivity index (χ0v) is 16.2. The molecule has 1 aliphatic heterocycles. The van der Waals surface area contributed by atoms with Gasteiger partial charge in [-0.2, -0.15) is 0 Å². The predicted molar refractivity (Wildman–Crippen MR) is 106 cm³/mol. The zero-order valence-electron chi connectivity index (χ0n) is 15.4. The molecule has 1 N–H and O–H groups in total. The minimum atomic E-state index is -0.610. The van der Waals surface area contributed by atoms with Gasteiger partial charge in [-0.25, -0.2) is 13.8 Å². The number of amides is 1. The molecule has 8 heteroatoms. The molecule has 0 saturated carbocycles. The molecule has 0 radical (unpaired) electrons. The van der Waals surface area contributed by atoms with E-state index in [0.717, 1.165) is 22.3 Å². The second-order valence-corrected chi connectivity index (χ2v) is 7.69. The van der Waals surface area contributed by atoms with Crippen LogP contribution in [0.1, 0.15) is 22.4 Å². The van der Waals surface area contributed by atoms with Crippen molar-refractivity contribution in [3.63, 3.8) is 0 Å². The van der Waals surface area contributed by atoms with Gasteiger partial charge in [-0.05, 0) is 35.7 Å². The average Bonchev–Trinajstić information content (AvgIpc) is 3.15. The fraction of sp³-hybridized carbons (Fsp3) is 0.238. The first-order valence-electron chi connectivity index (χ1n) is 9.14. The molecule has 150 valence electrons. The summed E-state index contributed by atoms with van der Waals surface area (Å²) in [6.45, 7) is 1.06. The van der Waals surface area contributed by atoms with E-state index in [1.54, 1.807) is 6.20 Å². The summed E-state index contributed by atoms with van der Waals surface area (Å²) in [6.07, 6.45) is 2.73. The summed E-state index contributed by atoms with van der Waals surface area (Å²) in [6, 6.07) is 9.15. The summed E-state index contributed by atoms with van der Waals surface area (Å²) in [7, 11) is 0. The number of halogens is 2. The number of ether oxygens (including phenoxy) is 2. The van der Waals surface area contributed by atoms with Crippen molar-refractivity contribution >= 4 is 22.4 Å². The lowest BCUT2D eigenvalue weighted by molar-refractivity contribution is -0.116. The molecule has 0 fully saturated rings. The van der Waals surface area contributed by atoms with Crippen LogP contribution in [0.2, 0.25) is 0 Å². The van der Waals surface area contributed by atoms with Gasteiger partial charge in [0.15, 0.2) is 16.6 Å². The highest BCUT2D eigenvalue weighted by Crippen LogP contribution is 2.31. The van der Waals surface area contributed by atoms with E-state index >= 15 is 0 Å².